The maximum absolute atomic E-state index is 11.5. The van der Waals surface area contributed by atoms with Gasteiger partial charge >= 0.3 is 83.4 Å². The zero-order chi connectivity index (χ0) is 12.2. The second-order valence-electron chi connectivity index (χ2n) is 2.96. The molecule has 0 unspecified atom stereocenters. The second-order valence-corrected chi connectivity index (χ2v) is 10.6. The molecule has 0 aliphatic heterocycles. The summed E-state index contributed by atoms with van der Waals surface area (Å²) >= 11 is 0. The third-order valence-electron chi connectivity index (χ3n) is 2.14. The minimum atomic E-state index is -6.34. The van der Waals surface area contributed by atoms with E-state index in [0.29, 0.717) is 0 Å². The predicted molar refractivity (Wildman–Crippen MR) is 49.1 cm³/mol. The van der Waals surface area contributed by atoms with Crippen LogP contribution in [0.15, 0.2) is 0 Å². The molecule has 0 aromatic carbocycles. The summed E-state index contributed by atoms with van der Waals surface area (Å²) in [5.41, 5.74) is 0. The fourth-order valence-electron chi connectivity index (χ4n) is 0.844. The summed E-state index contributed by atoms with van der Waals surface area (Å²) in [4.78, 5) is 66.1. The van der Waals surface area contributed by atoms with Gasteiger partial charge in [0.25, 0.3) is 0 Å². The van der Waals surface area contributed by atoms with Crippen LogP contribution in [0.3, 0.4) is 0 Å². The standard InChI is InChI=1S/C3H5O.5CHO.Mn/c1-2-3-4;5*1-2;/h2H2,1H3;5*1H;. The monoisotopic (exact) mass is 257 g/mol. The third kappa shape index (κ3) is 1.10. The molecule has 0 rings (SSSR count). The first-order chi connectivity index (χ1) is 6.91. The molecule has 0 spiro atoms. The van der Waals surface area contributed by atoms with Crippen LogP contribution in [0.2, 0.25) is 0 Å². The Morgan fingerprint density at radius 3 is 1.20 bits per heavy atom. The van der Waals surface area contributed by atoms with Gasteiger partial charge in [-0.1, -0.05) is 0 Å². The van der Waals surface area contributed by atoms with E-state index in [-0.39, 0.29) is 25.9 Å². The van der Waals surface area contributed by atoms with Gasteiger partial charge in [-0.25, -0.2) is 0 Å². The van der Waals surface area contributed by atoms with Gasteiger partial charge in [0.15, 0.2) is 0 Å². The summed E-state index contributed by atoms with van der Waals surface area (Å²) in [6.45, 7) is 1.25. The quantitative estimate of drug-likeness (QED) is 0.432. The van der Waals surface area contributed by atoms with Crippen LogP contribution >= 0.6 is 0 Å². The van der Waals surface area contributed by atoms with Crippen LogP contribution in [0.5, 0.6) is 0 Å². The molecule has 0 fully saturated rings. The molecule has 0 radical (unpaired) electrons. The molecular formula is C8H10MnO6. The number of hydrogen-bond acceptors (Lipinski definition) is 6. The van der Waals surface area contributed by atoms with Crippen LogP contribution in [-0.4, -0.2) is 30.6 Å². The van der Waals surface area contributed by atoms with Crippen LogP contribution in [0, 0.1) is 0 Å². The Bertz CT molecular complexity index is 311. The molecule has 15 heavy (non-hydrogen) atoms. The van der Waals surface area contributed by atoms with E-state index in [1.807, 2.05) is 0 Å². The first-order valence-corrected chi connectivity index (χ1v) is 7.72. The molecule has 0 atom stereocenters. The van der Waals surface area contributed by atoms with E-state index in [2.05, 4.69) is 0 Å². The second kappa shape index (κ2) is 3.29. The molecule has 0 heterocycles. The van der Waals surface area contributed by atoms with Gasteiger partial charge in [-0.05, 0) is 0 Å². The Morgan fingerprint density at radius 1 is 0.867 bits per heavy atom. The Balaban J connectivity index is 6.69. The van der Waals surface area contributed by atoms with E-state index in [0.717, 1.165) is 0 Å². The summed E-state index contributed by atoms with van der Waals surface area (Å²) in [5, 5.41) is -1.79. The van der Waals surface area contributed by atoms with Crippen molar-refractivity contribution in [2.45, 2.75) is 13.3 Å². The summed E-state index contributed by atoms with van der Waals surface area (Å²) in [5.74, 6) is 0. The number of carbonyl (C=O) groups excluding carboxylic acids is 6. The fourth-order valence-corrected chi connectivity index (χ4v) is 3.48. The van der Waals surface area contributed by atoms with Crippen molar-refractivity contribution in [2.75, 3.05) is 0 Å². The van der Waals surface area contributed by atoms with Crippen molar-refractivity contribution in [3.63, 3.8) is 0 Å². The molecule has 0 saturated heterocycles. The summed E-state index contributed by atoms with van der Waals surface area (Å²) < 4.78 is -1.21. The van der Waals surface area contributed by atoms with Gasteiger partial charge in [-0.2, -0.15) is 0 Å². The van der Waals surface area contributed by atoms with Crippen LogP contribution in [0.1, 0.15) is 13.3 Å². The molecule has 0 aromatic heterocycles. The van der Waals surface area contributed by atoms with Crippen molar-refractivity contribution >= 4 is 30.6 Å². The van der Waals surface area contributed by atoms with E-state index in [9.17, 15) is 28.8 Å². The van der Waals surface area contributed by atoms with Crippen LogP contribution < -0.4 is 0 Å². The SMILES string of the molecule is CC[C](=O)[Mn]([CH]=O)([CH]=O)([CH]=O)([CH]=O)[CH]=O. The van der Waals surface area contributed by atoms with Crippen molar-refractivity contribution < 1.29 is 39.5 Å². The molecule has 0 amide bonds. The van der Waals surface area contributed by atoms with E-state index in [1.165, 1.54) is 6.92 Å². The molecule has 0 aliphatic rings. The molecule has 0 bridgehead atoms. The minimum absolute atomic E-state index is 0.359. The molecule has 0 aromatic rings. The van der Waals surface area contributed by atoms with Crippen LogP contribution in [-0.2, 0) is 39.5 Å². The molecule has 7 heteroatoms. The van der Waals surface area contributed by atoms with Gasteiger partial charge in [0.1, 0.15) is 0 Å². The Kier molecular flexibility index (Phi) is 2.97. The summed E-state index contributed by atoms with van der Waals surface area (Å²) in [7, 11) is -6.34. The molecule has 0 N–H and O–H groups in total. The Hall–Kier alpha value is -1.46. The van der Waals surface area contributed by atoms with Crippen molar-refractivity contribution in [1.29, 1.82) is 0 Å². The van der Waals surface area contributed by atoms with E-state index >= 15 is 0 Å². The van der Waals surface area contributed by atoms with Gasteiger partial charge < -0.3 is 0 Å². The molecule has 0 aliphatic carbocycles. The maximum atomic E-state index is 11.5. The van der Waals surface area contributed by atoms with Gasteiger partial charge in [0.05, 0.1) is 0 Å². The van der Waals surface area contributed by atoms with Gasteiger partial charge in [0, 0.05) is 0 Å². The normalized spacial score (nSPS) is 15.3. The van der Waals surface area contributed by atoms with Gasteiger partial charge in [0.2, 0.25) is 0 Å². The molecular weight excluding hydrogens is 247 g/mol. The average molecular weight is 257 g/mol. The number of rotatable bonds is 7. The van der Waals surface area contributed by atoms with Crippen molar-refractivity contribution in [2.24, 2.45) is 0 Å². The molecule has 0 saturated carbocycles. The third-order valence-corrected chi connectivity index (χ3v) is 8.36. The van der Waals surface area contributed by atoms with Gasteiger partial charge in [-0.3, -0.25) is 0 Å². The van der Waals surface area contributed by atoms with Crippen molar-refractivity contribution in [3.05, 3.63) is 0 Å². The predicted octanol–water partition coefficient (Wildman–Crippen LogP) is -0.901. The summed E-state index contributed by atoms with van der Waals surface area (Å²) in [6, 6.07) is 0. The fraction of sp³-hybridized carbons (Fsp3) is 0.250. The van der Waals surface area contributed by atoms with Crippen molar-refractivity contribution in [3.8, 4) is 0 Å². The number of hydrogen-bond donors (Lipinski definition) is 0. The average Bonchev–Trinajstić information content (AvgIpc) is 2.35. The van der Waals surface area contributed by atoms with Crippen LogP contribution in [0.4, 0.5) is 0 Å². The van der Waals surface area contributed by atoms with Gasteiger partial charge in [-0.15, -0.1) is 0 Å². The topological polar surface area (TPSA) is 102 Å². The Morgan fingerprint density at radius 2 is 1.13 bits per heavy atom. The first-order valence-electron chi connectivity index (χ1n) is 3.72. The van der Waals surface area contributed by atoms with Crippen molar-refractivity contribution in [1.82, 2.24) is 0 Å². The van der Waals surface area contributed by atoms with E-state index in [4.69, 9.17) is 0 Å². The summed E-state index contributed by atoms with van der Waals surface area (Å²) in [6.07, 6.45) is -0.418. The van der Waals surface area contributed by atoms with Crippen LogP contribution in [0.25, 0.3) is 0 Å². The molecule has 85 valence electrons. The first kappa shape index (κ1) is 13.5. The molecule has 6 nitrogen and oxygen atoms in total. The zero-order valence-electron chi connectivity index (χ0n) is 7.92. The van der Waals surface area contributed by atoms with E-state index in [1.54, 1.807) is 0 Å². The zero-order valence-corrected chi connectivity index (χ0v) is 9.10. The number of carbonyl (C=O) groups is 6. The Labute approximate surface area is 83.9 Å². The van der Waals surface area contributed by atoms with E-state index < -0.39 is 21.8 Å².